The molecule has 1 N–H and O–H groups in total. The zero-order chi connectivity index (χ0) is 13.7. The van der Waals surface area contributed by atoms with E-state index in [2.05, 4.69) is 18.8 Å². The lowest BCUT2D eigenvalue weighted by Gasteiger charge is -2.33. The molecule has 0 spiro atoms. The first-order chi connectivity index (χ1) is 7.63. The van der Waals surface area contributed by atoms with Crippen molar-refractivity contribution in [3.8, 4) is 0 Å². The Balaban J connectivity index is 4.83. The van der Waals surface area contributed by atoms with Crippen molar-refractivity contribution < 1.29 is 8.42 Å². The van der Waals surface area contributed by atoms with Gasteiger partial charge in [0.2, 0.25) is 0 Å². The summed E-state index contributed by atoms with van der Waals surface area (Å²) in [5, 5.41) is 3.35. The second-order valence-corrected chi connectivity index (χ2v) is 7.97. The minimum Gasteiger partial charge on any atom is -0.312 e. The fourth-order valence-corrected chi connectivity index (χ4v) is 2.38. The van der Waals surface area contributed by atoms with Crippen LogP contribution in [0, 0.1) is 0 Å². The largest absolute Gasteiger partial charge is 0.312 e. The monoisotopic (exact) mass is 261 g/mol. The SMILES string of the molecule is C=C(C)CCC(NCCC)C(C)(C)S(C)(=O)=O. The third kappa shape index (κ3) is 5.21. The fourth-order valence-electron chi connectivity index (χ4n) is 1.66. The maximum Gasteiger partial charge on any atom is 0.154 e. The van der Waals surface area contributed by atoms with Crippen molar-refractivity contribution in [2.75, 3.05) is 12.8 Å². The Bertz CT molecular complexity index is 344. The minimum absolute atomic E-state index is 0.0193. The molecule has 3 nitrogen and oxygen atoms in total. The first-order valence-corrected chi connectivity index (χ1v) is 8.09. The Morgan fingerprint density at radius 2 is 1.94 bits per heavy atom. The van der Waals surface area contributed by atoms with E-state index >= 15 is 0 Å². The zero-order valence-corrected chi connectivity index (χ0v) is 12.7. The summed E-state index contributed by atoms with van der Waals surface area (Å²) in [5.74, 6) is 0. The van der Waals surface area contributed by atoms with Crippen LogP contribution in [0.2, 0.25) is 0 Å². The normalized spacial score (nSPS) is 14.6. The van der Waals surface area contributed by atoms with Crippen LogP contribution in [-0.4, -0.2) is 32.0 Å². The molecule has 0 saturated heterocycles. The van der Waals surface area contributed by atoms with Crippen molar-refractivity contribution in [2.24, 2.45) is 0 Å². The van der Waals surface area contributed by atoms with Gasteiger partial charge in [0.15, 0.2) is 9.84 Å². The molecule has 4 heteroatoms. The van der Waals surface area contributed by atoms with E-state index in [1.54, 1.807) is 13.8 Å². The summed E-state index contributed by atoms with van der Waals surface area (Å²) in [7, 11) is -3.07. The molecule has 0 aromatic rings. The van der Waals surface area contributed by atoms with Gasteiger partial charge in [-0.1, -0.05) is 12.5 Å². The van der Waals surface area contributed by atoms with E-state index < -0.39 is 14.6 Å². The van der Waals surface area contributed by atoms with Crippen molar-refractivity contribution in [1.29, 1.82) is 0 Å². The third-order valence-corrected chi connectivity index (χ3v) is 5.49. The summed E-state index contributed by atoms with van der Waals surface area (Å²) in [5.41, 5.74) is 1.09. The molecule has 0 fully saturated rings. The Labute approximate surface area is 107 Å². The molecule has 0 aliphatic carbocycles. The highest BCUT2D eigenvalue weighted by molar-refractivity contribution is 7.92. The number of hydrogen-bond donors (Lipinski definition) is 1. The standard InChI is InChI=1S/C13H27NO2S/c1-7-10-14-12(9-8-11(2)3)13(4,5)17(6,15)16/h12,14H,2,7-10H2,1,3-6H3. The molecule has 0 saturated carbocycles. The zero-order valence-electron chi connectivity index (χ0n) is 11.8. The molecule has 0 aromatic heterocycles. The molecule has 1 atom stereocenters. The van der Waals surface area contributed by atoms with E-state index in [-0.39, 0.29) is 6.04 Å². The highest BCUT2D eigenvalue weighted by Gasteiger charge is 2.38. The van der Waals surface area contributed by atoms with Crippen LogP contribution in [0.25, 0.3) is 0 Å². The van der Waals surface area contributed by atoms with Gasteiger partial charge in [-0.05, 0) is 46.6 Å². The molecule has 0 radical (unpaired) electrons. The molecule has 0 aromatic carbocycles. The van der Waals surface area contributed by atoms with Gasteiger partial charge in [0, 0.05) is 12.3 Å². The number of allylic oxidation sites excluding steroid dienone is 1. The Hall–Kier alpha value is -0.350. The van der Waals surface area contributed by atoms with Gasteiger partial charge in [0.25, 0.3) is 0 Å². The average molecular weight is 261 g/mol. The van der Waals surface area contributed by atoms with Gasteiger partial charge in [-0.15, -0.1) is 6.58 Å². The Morgan fingerprint density at radius 1 is 1.41 bits per heavy atom. The first-order valence-electron chi connectivity index (χ1n) is 6.20. The van der Waals surface area contributed by atoms with Gasteiger partial charge in [0.1, 0.15) is 0 Å². The number of hydrogen-bond acceptors (Lipinski definition) is 3. The number of nitrogens with one attached hydrogen (secondary N) is 1. The molecule has 0 rings (SSSR count). The summed E-state index contributed by atoms with van der Waals surface area (Å²) in [6.07, 6.45) is 3.99. The summed E-state index contributed by atoms with van der Waals surface area (Å²) in [4.78, 5) is 0. The van der Waals surface area contributed by atoms with Gasteiger partial charge in [-0.3, -0.25) is 0 Å². The molecule has 0 aliphatic heterocycles. The highest BCUT2D eigenvalue weighted by Crippen LogP contribution is 2.24. The molecule has 0 aliphatic rings. The van der Waals surface area contributed by atoms with Gasteiger partial charge in [0.05, 0.1) is 4.75 Å². The van der Waals surface area contributed by atoms with Crippen molar-refractivity contribution >= 4 is 9.84 Å². The van der Waals surface area contributed by atoms with E-state index in [4.69, 9.17) is 0 Å². The second kappa shape index (κ2) is 6.55. The van der Waals surface area contributed by atoms with Crippen LogP contribution < -0.4 is 5.32 Å². The summed E-state index contributed by atoms with van der Waals surface area (Å²) < 4.78 is 22.9. The average Bonchev–Trinajstić information content (AvgIpc) is 2.15. The molecular formula is C13H27NO2S. The lowest BCUT2D eigenvalue weighted by molar-refractivity contribution is 0.388. The molecule has 0 heterocycles. The minimum atomic E-state index is -3.07. The van der Waals surface area contributed by atoms with Crippen LogP contribution >= 0.6 is 0 Å². The van der Waals surface area contributed by atoms with E-state index in [9.17, 15) is 8.42 Å². The molecule has 17 heavy (non-hydrogen) atoms. The first kappa shape index (κ1) is 16.6. The van der Waals surface area contributed by atoms with Crippen LogP contribution in [0.1, 0.15) is 47.0 Å². The lowest BCUT2D eigenvalue weighted by Crippen LogP contribution is -2.51. The molecule has 0 bridgehead atoms. The second-order valence-electron chi connectivity index (χ2n) is 5.38. The Kier molecular flexibility index (Phi) is 6.41. The van der Waals surface area contributed by atoms with Gasteiger partial charge >= 0.3 is 0 Å². The fraction of sp³-hybridized carbons (Fsp3) is 0.846. The van der Waals surface area contributed by atoms with Crippen LogP contribution in [0.5, 0.6) is 0 Å². The molecule has 0 amide bonds. The smallest absolute Gasteiger partial charge is 0.154 e. The van der Waals surface area contributed by atoms with Crippen molar-refractivity contribution in [1.82, 2.24) is 5.32 Å². The summed E-state index contributed by atoms with van der Waals surface area (Å²) >= 11 is 0. The third-order valence-electron chi connectivity index (χ3n) is 3.30. The van der Waals surface area contributed by atoms with Crippen LogP contribution in [0.15, 0.2) is 12.2 Å². The molecule has 102 valence electrons. The topological polar surface area (TPSA) is 46.2 Å². The van der Waals surface area contributed by atoms with Crippen LogP contribution in [0.3, 0.4) is 0 Å². The predicted octanol–water partition coefficient (Wildman–Crippen LogP) is 2.53. The van der Waals surface area contributed by atoms with E-state index in [0.717, 1.165) is 31.4 Å². The molecule has 1 unspecified atom stereocenters. The van der Waals surface area contributed by atoms with E-state index in [1.807, 2.05) is 6.92 Å². The van der Waals surface area contributed by atoms with Gasteiger partial charge in [-0.25, -0.2) is 8.42 Å². The summed E-state index contributed by atoms with van der Waals surface area (Å²) in [6, 6.07) is -0.0193. The van der Waals surface area contributed by atoms with E-state index in [1.165, 1.54) is 6.26 Å². The molecular weight excluding hydrogens is 234 g/mol. The van der Waals surface area contributed by atoms with Crippen molar-refractivity contribution in [3.05, 3.63) is 12.2 Å². The Morgan fingerprint density at radius 3 is 2.29 bits per heavy atom. The summed E-state index contributed by atoms with van der Waals surface area (Å²) in [6.45, 7) is 12.4. The predicted molar refractivity (Wildman–Crippen MR) is 75.1 cm³/mol. The van der Waals surface area contributed by atoms with Crippen molar-refractivity contribution in [2.45, 2.75) is 57.7 Å². The lowest BCUT2D eigenvalue weighted by atomic mass is 9.96. The van der Waals surface area contributed by atoms with Gasteiger partial charge < -0.3 is 5.32 Å². The van der Waals surface area contributed by atoms with Crippen LogP contribution in [-0.2, 0) is 9.84 Å². The van der Waals surface area contributed by atoms with E-state index in [0.29, 0.717) is 0 Å². The number of sulfone groups is 1. The van der Waals surface area contributed by atoms with Crippen LogP contribution in [0.4, 0.5) is 0 Å². The van der Waals surface area contributed by atoms with Gasteiger partial charge in [-0.2, -0.15) is 0 Å². The quantitative estimate of drug-likeness (QED) is 0.683. The van der Waals surface area contributed by atoms with Crippen molar-refractivity contribution in [3.63, 3.8) is 0 Å². The maximum absolute atomic E-state index is 11.8. The highest BCUT2D eigenvalue weighted by atomic mass is 32.2. The number of rotatable bonds is 8. The maximum atomic E-state index is 11.8.